The summed E-state index contributed by atoms with van der Waals surface area (Å²) < 4.78 is 0. The summed E-state index contributed by atoms with van der Waals surface area (Å²) in [6, 6.07) is 10.8. The molecule has 0 atom stereocenters. The van der Waals surface area contributed by atoms with Crippen molar-refractivity contribution in [3.05, 3.63) is 59.4 Å². The second kappa shape index (κ2) is 6.31. The van der Waals surface area contributed by atoms with Crippen LogP contribution in [0, 0.1) is 0 Å². The number of fused-ring (bicyclic) bond motifs is 2. The first-order valence-corrected chi connectivity index (χ1v) is 8.42. The molecule has 0 saturated carbocycles. The molecule has 1 N–H and O–H groups in total. The molecule has 26 heavy (non-hydrogen) atoms. The number of nitrogens with zero attached hydrogens (tertiary/aromatic N) is 3. The smallest absolute Gasteiger partial charge is 0.253 e. The summed E-state index contributed by atoms with van der Waals surface area (Å²) in [6.45, 7) is 1.28. The van der Waals surface area contributed by atoms with Gasteiger partial charge in [-0.1, -0.05) is 24.3 Å². The first-order chi connectivity index (χ1) is 12.6. The molecule has 1 amide bonds. The molecule has 1 aromatic heterocycles. The Morgan fingerprint density at radius 3 is 2.58 bits per heavy atom. The van der Waals surface area contributed by atoms with Crippen LogP contribution in [0.4, 0.5) is 0 Å². The average Bonchev–Trinajstić information content (AvgIpc) is 2.65. The maximum Gasteiger partial charge on any atom is 0.253 e. The van der Waals surface area contributed by atoms with E-state index in [1.165, 1.54) is 6.33 Å². The van der Waals surface area contributed by atoms with Crippen molar-refractivity contribution in [2.45, 2.75) is 0 Å². The molecule has 0 aliphatic heterocycles. The number of ketones is 1. The minimum atomic E-state index is -0.200. The van der Waals surface area contributed by atoms with Crippen LogP contribution in [0.5, 0.6) is 0 Å². The van der Waals surface area contributed by atoms with Crippen molar-refractivity contribution in [3.8, 4) is 11.3 Å². The van der Waals surface area contributed by atoms with Crippen LogP contribution >= 0.6 is 0 Å². The Hall–Kier alpha value is -3.12. The highest BCUT2D eigenvalue weighted by molar-refractivity contribution is 6.26. The van der Waals surface area contributed by atoms with Crippen molar-refractivity contribution in [2.24, 2.45) is 0 Å². The Kier molecular flexibility index (Phi) is 3.97. The van der Waals surface area contributed by atoms with E-state index in [-0.39, 0.29) is 11.7 Å². The van der Waals surface area contributed by atoms with Gasteiger partial charge < -0.3 is 10.2 Å². The van der Waals surface area contributed by atoms with Gasteiger partial charge in [-0.3, -0.25) is 9.59 Å². The maximum atomic E-state index is 12.9. The number of nitrogens with one attached hydrogen (secondary N) is 1. The highest BCUT2D eigenvalue weighted by atomic mass is 16.1. The molecule has 2 aromatic carbocycles. The highest BCUT2D eigenvalue weighted by Crippen LogP contribution is 2.37. The molecule has 0 bridgehead atoms. The first-order valence-electron chi connectivity index (χ1n) is 8.42. The normalized spacial score (nSPS) is 12.3. The van der Waals surface area contributed by atoms with Gasteiger partial charge in [0.15, 0.2) is 5.78 Å². The van der Waals surface area contributed by atoms with Crippen LogP contribution in [0.15, 0.2) is 42.7 Å². The summed E-state index contributed by atoms with van der Waals surface area (Å²) in [5, 5.41) is 3.55. The van der Waals surface area contributed by atoms with E-state index in [0.29, 0.717) is 39.8 Å². The van der Waals surface area contributed by atoms with Crippen molar-refractivity contribution < 1.29 is 9.59 Å². The topological polar surface area (TPSA) is 75.2 Å². The zero-order valence-electron chi connectivity index (χ0n) is 14.6. The molecule has 4 rings (SSSR count). The van der Waals surface area contributed by atoms with Crippen molar-refractivity contribution in [1.82, 2.24) is 20.2 Å². The maximum absolute atomic E-state index is 12.9. The third kappa shape index (κ3) is 2.55. The number of benzene rings is 2. The Morgan fingerprint density at radius 2 is 1.81 bits per heavy atom. The van der Waals surface area contributed by atoms with E-state index in [1.54, 1.807) is 18.2 Å². The van der Waals surface area contributed by atoms with Crippen LogP contribution < -0.4 is 5.32 Å². The lowest BCUT2D eigenvalue weighted by atomic mass is 9.86. The number of rotatable bonds is 4. The number of amides is 1. The molecule has 0 saturated heterocycles. The average molecular weight is 346 g/mol. The fourth-order valence-corrected chi connectivity index (χ4v) is 3.27. The number of likely N-dealkylation sites (N-methyl/N-ethyl adjacent to an activating group) is 1. The number of carbonyl (C=O) groups is 2. The van der Waals surface area contributed by atoms with E-state index in [2.05, 4.69) is 15.3 Å². The minimum Gasteiger partial charge on any atom is -0.351 e. The van der Waals surface area contributed by atoms with Crippen LogP contribution in [0.3, 0.4) is 0 Å². The molecule has 1 aliphatic rings. The van der Waals surface area contributed by atoms with E-state index in [9.17, 15) is 9.59 Å². The van der Waals surface area contributed by atoms with Crippen LogP contribution in [-0.4, -0.2) is 53.7 Å². The molecule has 130 valence electrons. The van der Waals surface area contributed by atoms with E-state index in [4.69, 9.17) is 0 Å². The molecule has 0 unspecified atom stereocenters. The van der Waals surface area contributed by atoms with Gasteiger partial charge in [0.2, 0.25) is 0 Å². The van der Waals surface area contributed by atoms with Gasteiger partial charge >= 0.3 is 0 Å². The summed E-state index contributed by atoms with van der Waals surface area (Å²) in [6.07, 6.45) is 1.45. The molecule has 1 aliphatic carbocycles. The van der Waals surface area contributed by atoms with Gasteiger partial charge in [0.05, 0.1) is 16.8 Å². The van der Waals surface area contributed by atoms with Crippen molar-refractivity contribution >= 4 is 22.6 Å². The van der Waals surface area contributed by atoms with E-state index in [0.717, 1.165) is 12.1 Å². The number of carbonyl (C=O) groups excluding carboxylic acids is 2. The highest BCUT2D eigenvalue weighted by Gasteiger charge is 2.28. The molecular formula is C20H18N4O2. The van der Waals surface area contributed by atoms with Crippen molar-refractivity contribution in [1.29, 1.82) is 0 Å². The van der Waals surface area contributed by atoms with Gasteiger partial charge in [0, 0.05) is 35.2 Å². The van der Waals surface area contributed by atoms with Crippen LogP contribution in [-0.2, 0) is 0 Å². The lowest BCUT2D eigenvalue weighted by Gasteiger charge is -2.19. The molecule has 3 aromatic rings. The van der Waals surface area contributed by atoms with Crippen molar-refractivity contribution in [2.75, 3.05) is 27.2 Å². The summed E-state index contributed by atoms with van der Waals surface area (Å²) >= 11 is 0. The Balaban J connectivity index is 1.85. The summed E-state index contributed by atoms with van der Waals surface area (Å²) in [5.41, 5.74) is 3.61. The van der Waals surface area contributed by atoms with E-state index >= 15 is 0 Å². The Morgan fingerprint density at radius 1 is 1.04 bits per heavy atom. The quantitative estimate of drug-likeness (QED) is 0.613. The fraction of sp³-hybridized carbons (Fsp3) is 0.200. The predicted molar refractivity (Wildman–Crippen MR) is 99.3 cm³/mol. The third-order valence-electron chi connectivity index (χ3n) is 4.55. The number of hydrogen-bond acceptors (Lipinski definition) is 5. The summed E-state index contributed by atoms with van der Waals surface area (Å²) in [4.78, 5) is 36.2. The van der Waals surface area contributed by atoms with Crippen LogP contribution in [0.25, 0.3) is 22.2 Å². The van der Waals surface area contributed by atoms with Gasteiger partial charge in [0.25, 0.3) is 5.91 Å². The van der Waals surface area contributed by atoms with Gasteiger partial charge in [-0.15, -0.1) is 0 Å². The molecule has 0 spiro atoms. The third-order valence-corrected chi connectivity index (χ3v) is 4.55. The van der Waals surface area contributed by atoms with Gasteiger partial charge in [0.1, 0.15) is 6.33 Å². The van der Waals surface area contributed by atoms with E-state index < -0.39 is 0 Å². The second-order valence-corrected chi connectivity index (χ2v) is 6.54. The zero-order chi connectivity index (χ0) is 18.3. The standard InChI is InChI=1S/C20H18N4O2/c1-24(2)10-9-21-20(26)15-8-7-14-16-17(22-11-23-18(15)16)12-5-3-4-6-13(12)19(14)25/h3-8,11H,9-10H2,1-2H3,(H,21,26). The van der Waals surface area contributed by atoms with E-state index in [1.807, 2.05) is 37.2 Å². The fourth-order valence-electron chi connectivity index (χ4n) is 3.27. The molecule has 0 fully saturated rings. The van der Waals surface area contributed by atoms with Crippen molar-refractivity contribution in [3.63, 3.8) is 0 Å². The molecular weight excluding hydrogens is 328 g/mol. The predicted octanol–water partition coefficient (Wildman–Crippen LogP) is 2.13. The second-order valence-electron chi connectivity index (χ2n) is 6.54. The number of aromatic nitrogens is 2. The molecule has 0 radical (unpaired) electrons. The van der Waals surface area contributed by atoms with Crippen LogP contribution in [0.2, 0.25) is 0 Å². The molecule has 6 heteroatoms. The van der Waals surface area contributed by atoms with Crippen LogP contribution in [0.1, 0.15) is 26.3 Å². The van der Waals surface area contributed by atoms with Gasteiger partial charge in [-0.05, 0) is 26.2 Å². The summed E-state index contributed by atoms with van der Waals surface area (Å²) in [7, 11) is 3.90. The Labute approximate surface area is 150 Å². The summed E-state index contributed by atoms with van der Waals surface area (Å²) in [5.74, 6) is -0.262. The Bertz CT molecular complexity index is 1040. The number of hydrogen-bond donors (Lipinski definition) is 1. The largest absolute Gasteiger partial charge is 0.351 e. The SMILES string of the molecule is CN(C)CCNC(=O)c1ccc2c3c(ncnc13)-c1ccccc1C2=O. The molecule has 1 heterocycles. The van der Waals surface area contributed by atoms with Gasteiger partial charge in [-0.25, -0.2) is 9.97 Å². The van der Waals surface area contributed by atoms with Gasteiger partial charge in [-0.2, -0.15) is 0 Å². The molecule has 6 nitrogen and oxygen atoms in total. The minimum absolute atomic E-state index is 0.0625. The zero-order valence-corrected chi connectivity index (χ0v) is 14.6. The monoisotopic (exact) mass is 346 g/mol. The lowest BCUT2D eigenvalue weighted by Crippen LogP contribution is -2.31. The lowest BCUT2D eigenvalue weighted by molar-refractivity contribution is 0.0951. The first kappa shape index (κ1) is 16.4.